The number of nitrogens with one attached hydrogen (secondary N) is 1. The molecule has 1 aromatic carbocycles. The maximum absolute atomic E-state index is 5.13. The van der Waals surface area contributed by atoms with Crippen LogP contribution in [0, 0.1) is 0 Å². The lowest BCUT2D eigenvalue weighted by molar-refractivity contribution is 0.190. The number of ether oxygens (including phenoxy) is 1. The average Bonchev–Trinajstić information content (AvgIpc) is 3.04. The van der Waals surface area contributed by atoms with Crippen LogP contribution < -0.4 is 5.32 Å². The lowest BCUT2D eigenvalue weighted by Gasteiger charge is -2.12. The largest absolute Gasteiger partial charge is 0.383 e. The van der Waals surface area contributed by atoms with Gasteiger partial charge in [-0.2, -0.15) is 0 Å². The van der Waals surface area contributed by atoms with Gasteiger partial charge in [0.25, 0.3) is 0 Å². The third kappa shape index (κ3) is 3.04. The van der Waals surface area contributed by atoms with Crippen LogP contribution in [0.1, 0.15) is 6.92 Å². The first kappa shape index (κ1) is 15.5. The van der Waals surface area contributed by atoms with Gasteiger partial charge in [0.05, 0.1) is 23.8 Å². The highest BCUT2D eigenvalue weighted by atomic mass is 16.5. The minimum absolute atomic E-state index is 0.144. The molecule has 1 N–H and O–H groups in total. The highest BCUT2D eigenvalue weighted by Gasteiger charge is 2.10. The number of hydrogen-bond donors (Lipinski definition) is 1. The van der Waals surface area contributed by atoms with Crippen molar-refractivity contribution in [3.05, 3.63) is 55.0 Å². The number of nitrogens with zero attached hydrogens (tertiary/aromatic N) is 4. The van der Waals surface area contributed by atoms with Crippen molar-refractivity contribution in [1.29, 1.82) is 0 Å². The van der Waals surface area contributed by atoms with Crippen molar-refractivity contribution in [2.24, 2.45) is 0 Å². The van der Waals surface area contributed by atoms with Crippen molar-refractivity contribution >= 4 is 22.4 Å². The molecule has 0 radical (unpaired) electrons. The van der Waals surface area contributed by atoms with Crippen LogP contribution in [0.15, 0.2) is 55.0 Å². The Kier molecular flexibility index (Phi) is 4.03. The molecule has 3 aromatic heterocycles. The van der Waals surface area contributed by atoms with E-state index in [0.29, 0.717) is 12.6 Å². The Balaban J connectivity index is 1.70. The van der Waals surface area contributed by atoms with Gasteiger partial charge in [-0.15, -0.1) is 5.10 Å². The van der Waals surface area contributed by atoms with E-state index in [1.165, 1.54) is 0 Å². The fourth-order valence-electron chi connectivity index (χ4n) is 2.97. The Morgan fingerprint density at radius 3 is 3.00 bits per heavy atom. The van der Waals surface area contributed by atoms with E-state index >= 15 is 0 Å². The first-order chi connectivity index (χ1) is 12.2. The van der Waals surface area contributed by atoms with Gasteiger partial charge in [0.15, 0.2) is 0 Å². The second-order valence-electron chi connectivity index (χ2n) is 6.05. The summed E-state index contributed by atoms with van der Waals surface area (Å²) in [5, 5.41) is 8.88. The molecule has 0 saturated carbocycles. The second kappa shape index (κ2) is 6.49. The van der Waals surface area contributed by atoms with Crippen molar-refractivity contribution < 1.29 is 4.74 Å². The topological polar surface area (TPSA) is 64.3 Å². The molecule has 0 bridgehead atoms. The molecular weight excluding hydrogens is 314 g/mol. The molecule has 3 heterocycles. The summed E-state index contributed by atoms with van der Waals surface area (Å²) in [6.07, 6.45) is 5.60. The zero-order valence-electron chi connectivity index (χ0n) is 14.2. The molecule has 126 valence electrons. The number of pyridine rings is 1. The Morgan fingerprint density at radius 2 is 2.12 bits per heavy atom. The van der Waals surface area contributed by atoms with Crippen LogP contribution in [0.25, 0.3) is 27.5 Å². The Labute approximate surface area is 145 Å². The zero-order valence-corrected chi connectivity index (χ0v) is 14.2. The number of benzene rings is 1. The van der Waals surface area contributed by atoms with Gasteiger partial charge in [-0.3, -0.25) is 4.98 Å². The predicted octanol–water partition coefficient (Wildman–Crippen LogP) is 3.39. The number of hydrogen-bond acceptors (Lipinski definition) is 5. The van der Waals surface area contributed by atoms with Gasteiger partial charge in [0.2, 0.25) is 5.95 Å². The molecule has 25 heavy (non-hydrogen) atoms. The van der Waals surface area contributed by atoms with Gasteiger partial charge in [0, 0.05) is 36.5 Å². The number of anilines is 1. The van der Waals surface area contributed by atoms with Crippen LogP contribution in [-0.4, -0.2) is 39.3 Å². The van der Waals surface area contributed by atoms with Crippen molar-refractivity contribution in [1.82, 2.24) is 19.6 Å². The van der Waals surface area contributed by atoms with E-state index in [1.807, 2.05) is 42.2 Å². The minimum Gasteiger partial charge on any atom is -0.383 e. The molecule has 4 rings (SSSR count). The van der Waals surface area contributed by atoms with E-state index in [0.717, 1.165) is 27.5 Å². The van der Waals surface area contributed by atoms with Crippen LogP contribution >= 0.6 is 0 Å². The van der Waals surface area contributed by atoms with E-state index < -0.39 is 0 Å². The maximum atomic E-state index is 5.13. The Bertz CT molecular complexity index is 1030. The first-order valence-corrected chi connectivity index (χ1v) is 8.19. The predicted molar refractivity (Wildman–Crippen MR) is 98.7 cm³/mol. The molecule has 1 atom stereocenters. The standard InChI is InChI=1S/C19H19N5O/c1-13(12-25-2)22-19-21-11-18-16(7-9-24(18)23-19)14-5-6-17-15(10-14)4-3-8-20-17/h3-11,13H,12H2,1-2H3,(H,22,23). The molecule has 0 aliphatic rings. The molecule has 0 saturated heterocycles. The number of rotatable bonds is 5. The number of methoxy groups -OCH3 is 1. The fourth-order valence-corrected chi connectivity index (χ4v) is 2.97. The van der Waals surface area contributed by atoms with Crippen LogP contribution in [0.5, 0.6) is 0 Å². The van der Waals surface area contributed by atoms with Gasteiger partial charge in [0.1, 0.15) is 0 Å². The van der Waals surface area contributed by atoms with Crippen LogP contribution in [0.4, 0.5) is 5.95 Å². The van der Waals surface area contributed by atoms with Gasteiger partial charge in [-0.1, -0.05) is 12.1 Å². The molecule has 4 aromatic rings. The summed E-state index contributed by atoms with van der Waals surface area (Å²) in [6.45, 7) is 2.63. The van der Waals surface area contributed by atoms with E-state index in [-0.39, 0.29) is 6.04 Å². The second-order valence-corrected chi connectivity index (χ2v) is 6.05. The van der Waals surface area contributed by atoms with Crippen molar-refractivity contribution in [2.45, 2.75) is 13.0 Å². The van der Waals surface area contributed by atoms with Crippen LogP contribution in [-0.2, 0) is 4.74 Å². The van der Waals surface area contributed by atoms with E-state index in [4.69, 9.17) is 4.74 Å². The normalized spacial score (nSPS) is 12.6. The van der Waals surface area contributed by atoms with Crippen molar-refractivity contribution in [3.63, 3.8) is 0 Å². The third-order valence-corrected chi connectivity index (χ3v) is 4.12. The van der Waals surface area contributed by atoms with E-state index in [2.05, 4.69) is 44.6 Å². The van der Waals surface area contributed by atoms with Crippen molar-refractivity contribution in [3.8, 4) is 11.1 Å². The summed E-state index contributed by atoms with van der Waals surface area (Å²) in [4.78, 5) is 8.81. The number of aromatic nitrogens is 4. The molecule has 0 aliphatic heterocycles. The quantitative estimate of drug-likeness (QED) is 0.606. The molecular formula is C19H19N5O. The summed E-state index contributed by atoms with van der Waals surface area (Å²) >= 11 is 0. The van der Waals surface area contributed by atoms with Crippen LogP contribution in [0.3, 0.4) is 0 Å². The highest BCUT2D eigenvalue weighted by Crippen LogP contribution is 2.27. The SMILES string of the molecule is COCC(C)Nc1ncc2c(-c3ccc4ncccc4c3)ccn2n1. The van der Waals surface area contributed by atoms with E-state index in [1.54, 1.807) is 7.11 Å². The fraction of sp³-hybridized carbons (Fsp3) is 0.211. The summed E-state index contributed by atoms with van der Waals surface area (Å²) in [6, 6.07) is 12.5. The summed E-state index contributed by atoms with van der Waals surface area (Å²) in [5.74, 6) is 0.585. The molecule has 0 fully saturated rings. The zero-order chi connectivity index (χ0) is 17.2. The van der Waals surface area contributed by atoms with Crippen LogP contribution in [0.2, 0.25) is 0 Å². The summed E-state index contributed by atoms with van der Waals surface area (Å²) in [7, 11) is 1.68. The van der Waals surface area contributed by atoms with E-state index in [9.17, 15) is 0 Å². The third-order valence-electron chi connectivity index (χ3n) is 4.12. The summed E-state index contributed by atoms with van der Waals surface area (Å²) in [5.41, 5.74) is 4.18. The molecule has 6 heteroatoms. The molecule has 1 unspecified atom stereocenters. The van der Waals surface area contributed by atoms with Gasteiger partial charge < -0.3 is 10.1 Å². The van der Waals surface area contributed by atoms with Gasteiger partial charge >= 0.3 is 0 Å². The molecule has 0 aliphatic carbocycles. The smallest absolute Gasteiger partial charge is 0.241 e. The summed E-state index contributed by atoms with van der Waals surface area (Å²) < 4.78 is 6.98. The van der Waals surface area contributed by atoms with Crippen molar-refractivity contribution in [2.75, 3.05) is 19.0 Å². The molecule has 0 amide bonds. The highest BCUT2D eigenvalue weighted by molar-refractivity contribution is 5.88. The molecule has 0 spiro atoms. The lowest BCUT2D eigenvalue weighted by Crippen LogP contribution is -2.22. The van der Waals surface area contributed by atoms with Gasteiger partial charge in [-0.05, 0) is 36.8 Å². The van der Waals surface area contributed by atoms with Gasteiger partial charge in [-0.25, -0.2) is 9.50 Å². The first-order valence-electron chi connectivity index (χ1n) is 8.19. The maximum Gasteiger partial charge on any atom is 0.241 e. The Hall–Kier alpha value is -2.99. The number of fused-ring (bicyclic) bond motifs is 2. The Morgan fingerprint density at radius 1 is 1.20 bits per heavy atom. The lowest BCUT2D eigenvalue weighted by atomic mass is 10.0. The average molecular weight is 333 g/mol. The molecule has 6 nitrogen and oxygen atoms in total. The monoisotopic (exact) mass is 333 g/mol. The minimum atomic E-state index is 0.144.